The van der Waals surface area contributed by atoms with Crippen LogP contribution in [0.3, 0.4) is 0 Å². The largest absolute Gasteiger partial charge is 0.493 e. The summed E-state index contributed by atoms with van der Waals surface area (Å²) in [6.45, 7) is -0.322. The number of benzene rings is 3. The van der Waals surface area contributed by atoms with E-state index in [1.54, 1.807) is 48.5 Å². The van der Waals surface area contributed by atoms with Crippen LogP contribution in [-0.2, 0) is 4.79 Å². The van der Waals surface area contributed by atoms with E-state index in [1.807, 2.05) is 0 Å². The molecule has 0 saturated heterocycles. The molecule has 37 heavy (non-hydrogen) atoms. The number of amides is 2. The zero-order valence-electron chi connectivity index (χ0n) is 19.5. The number of hydrogen-bond donors (Lipinski definition) is 2. The second-order valence-corrected chi connectivity index (χ2v) is 9.94. The normalized spacial score (nSPS) is 10.6. The highest BCUT2D eigenvalue weighted by molar-refractivity contribution is 9.11. The van der Waals surface area contributed by atoms with Crippen molar-refractivity contribution in [1.29, 1.82) is 0 Å². The molecule has 0 saturated carbocycles. The molecule has 0 fully saturated rings. The summed E-state index contributed by atoms with van der Waals surface area (Å²) in [5.41, 5.74) is 3.40. The van der Waals surface area contributed by atoms with Gasteiger partial charge in [-0.2, -0.15) is 5.10 Å². The molecule has 3 aromatic carbocycles. The highest BCUT2D eigenvalue weighted by Gasteiger charge is 2.16. The topological polar surface area (TPSA) is 115 Å². The number of hydrazone groups is 1. The van der Waals surface area contributed by atoms with Gasteiger partial charge < -0.3 is 19.5 Å². The van der Waals surface area contributed by atoms with Crippen LogP contribution in [0.4, 0.5) is 0 Å². The summed E-state index contributed by atoms with van der Waals surface area (Å²) in [5.74, 6) is -0.522. The van der Waals surface area contributed by atoms with Crippen molar-refractivity contribution in [2.24, 2.45) is 5.10 Å². The minimum Gasteiger partial charge on any atom is -0.493 e. The molecule has 0 heterocycles. The van der Waals surface area contributed by atoms with Crippen LogP contribution in [0.25, 0.3) is 0 Å². The number of ether oxygens (including phenoxy) is 3. The number of nitrogens with zero attached hydrogens (tertiary/aromatic N) is 1. The number of esters is 1. The van der Waals surface area contributed by atoms with Gasteiger partial charge in [-0.25, -0.2) is 10.2 Å². The third kappa shape index (κ3) is 7.88. The fraction of sp³-hybridized carbons (Fsp3) is 0.120. The van der Waals surface area contributed by atoms with Crippen molar-refractivity contribution in [1.82, 2.24) is 10.7 Å². The monoisotopic (exact) mass is 695 g/mol. The lowest BCUT2D eigenvalue weighted by molar-refractivity contribution is -0.120. The predicted octanol–water partition coefficient (Wildman–Crippen LogP) is 5.09. The van der Waals surface area contributed by atoms with Crippen LogP contribution < -0.4 is 25.0 Å². The Hall–Kier alpha value is -3.22. The summed E-state index contributed by atoms with van der Waals surface area (Å²) in [7, 11) is 2.95. The second kappa shape index (κ2) is 13.4. The van der Waals surface area contributed by atoms with Gasteiger partial charge in [0.25, 0.3) is 11.8 Å². The average molecular weight is 698 g/mol. The smallest absolute Gasteiger partial charge is 0.343 e. The fourth-order valence-electron chi connectivity index (χ4n) is 3.00. The van der Waals surface area contributed by atoms with Gasteiger partial charge >= 0.3 is 5.97 Å². The summed E-state index contributed by atoms with van der Waals surface area (Å²) in [5, 5.41) is 6.43. The molecule has 2 N–H and O–H groups in total. The van der Waals surface area contributed by atoms with E-state index in [0.717, 1.165) is 4.47 Å². The Morgan fingerprint density at radius 2 is 1.65 bits per heavy atom. The highest BCUT2D eigenvalue weighted by Crippen LogP contribution is 2.33. The Kier molecular flexibility index (Phi) is 10.2. The van der Waals surface area contributed by atoms with E-state index in [9.17, 15) is 14.4 Å². The number of carbonyl (C=O) groups excluding carboxylic acids is 3. The SMILES string of the molecule is COc1ccc(C(=O)NCC(=O)N/N=C/c2cc(Br)cc(Br)c2OC(=O)c2cccc(Br)c2)cc1OC. The van der Waals surface area contributed by atoms with E-state index in [2.05, 4.69) is 63.6 Å². The molecule has 3 aromatic rings. The summed E-state index contributed by atoms with van der Waals surface area (Å²) in [6.07, 6.45) is 1.33. The van der Waals surface area contributed by atoms with Gasteiger partial charge in [-0.3, -0.25) is 9.59 Å². The van der Waals surface area contributed by atoms with Gasteiger partial charge in [0, 0.05) is 20.1 Å². The van der Waals surface area contributed by atoms with Gasteiger partial charge in [0.2, 0.25) is 0 Å². The maximum Gasteiger partial charge on any atom is 0.343 e. The fourth-order valence-corrected chi connectivity index (χ4v) is 4.74. The van der Waals surface area contributed by atoms with Gasteiger partial charge in [-0.15, -0.1) is 0 Å². The van der Waals surface area contributed by atoms with E-state index >= 15 is 0 Å². The third-order valence-corrected chi connectivity index (χ3v) is 6.28. The lowest BCUT2D eigenvalue weighted by Gasteiger charge is -2.11. The summed E-state index contributed by atoms with van der Waals surface area (Å²) in [4.78, 5) is 37.2. The molecule has 0 radical (unpaired) electrons. The molecule has 0 atom stereocenters. The Bertz CT molecular complexity index is 1360. The van der Waals surface area contributed by atoms with Crippen LogP contribution in [0.5, 0.6) is 17.2 Å². The molecule has 2 amide bonds. The summed E-state index contributed by atoms with van der Waals surface area (Å²) in [6, 6.07) is 14.8. The number of nitrogens with one attached hydrogen (secondary N) is 2. The summed E-state index contributed by atoms with van der Waals surface area (Å²) < 4.78 is 17.8. The molecule has 0 spiro atoms. The van der Waals surface area contributed by atoms with Gasteiger partial charge in [0.1, 0.15) is 0 Å². The quantitative estimate of drug-likeness (QED) is 0.139. The van der Waals surface area contributed by atoms with E-state index in [4.69, 9.17) is 14.2 Å². The van der Waals surface area contributed by atoms with E-state index in [1.165, 1.54) is 26.5 Å². The van der Waals surface area contributed by atoms with Gasteiger partial charge in [-0.1, -0.05) is 37.9 Å². The standard InChI is InChI=1S/C25H20Br3N3O6/c1-35-20-7-6-14(10-21(20)36-2)24(33)29-13-22(32)31-30-12-16-9-18(27)11-19(28)23(16)37-25(34)15-4-3-5-17(26)8-15/h3-12H,13H2,1-2H3,(H,29,33)(H,31,32)/b30-12+. The number of hydrogen-bond acceptors (Lipinski definition) is 7. The molecule has 0 aliphatic rings. The maximum atomic E-state index is 12.6. The molecular formula is C25H20Br3N3O6. The minimum absolute atomic E-state index is 0.216. The minimum atomic E-state index is -0.569. The van der Waals surface area contributed by atoms with Crippen molar-refractivity contribution < 1.29 is 28.6 Å². The molecule has 3 rings (SSSR count). The Morgan fingerprint density at radius 3 is 2.35 bits per heavy atom. The molecule has 0 aromatic heterocycles. The Labute approximate surface area is 237 Å². The molecule has 0 unspecified atom stereocenters. The molecule has 192 valence electrons. The zero-order chi connectivity index (χ0) is 26.9. The first kappa shape index (κ1) is 28.4. The van der Waals surface area contributed by atoms with Crippen LogP contribution in [0.15, 0.2) is 73.1 Å². The van der Waals surface area contributed by atoms with E-state index < -0.39 is 17.8 Å². The van der Waals surface area contributed by atoms with Crippen molar-refractivity contribution >= 4 is 71.8 Å². The lowest BCUT2D eigenvalue weighted by atomic mass is 10.2. The highest BCUT2D eigenvalue weighted by atomic mass is 79.9. The first-order valence-electron chi connectivity index (χ1n) is 10.5. The molecule has 12 heteroatoms. The molecule has 9 nitrogen and oxygen atoms in total. The molecule has 0 bridgehead atoms. The van der Waals surface area contributed by atoms with Crippen molar-refractivity contribution in [3.8, 4) is 17.2 Å². The second-order valence-electron chi connectivity index (χ2n) is 7.25. The van der Waals surface area contributed by atoms with Crippen LogP contribution in [-0.4, -0.2) is 44.8 Å². The van der Waals surface area contributed by atoms with Crippen LogP contribution in [0, 0.1) is 0 Å². The number of methoxy groups -OCH3 is 2. The lowest BCUT2D eigenvalue weighted by Crippen LogP contribution is -2.34. The van der Waals surface area contributed by atoms with Gasteiger partial charge in [-0.05, 0) is 64.5 Å². The van der Waals surface area contributed by atoms with Crippen molar-refractivity contribution in [3.63, 3.8) is 0 Å². The first-order chi connectivity index (χ1) is 17.7. The molecular weight excluding hydrogens is 678 g/mol. The summed E-state index contributed by atoms with van der Waals surface area (Å²) >= 11 is 10.1. The Morgan fingerprint density at radius 1 is 0.892 bits per heavy atom. The first-order valence-corrected chi connectivity index (χ1v) is 12.9. The van der Waals surface area contributed by atoms with E-state index in [0.29, 0.717) is 37.1 Å². The molecule has 0 aliphatic carbocycles. The van der Waals surface area contributed by atoms with Gasteiger partial charge in [0.05, 0.1) is 37.0 Å². The average Bonchev–Trinajstić information content (AvgIpc) is 2.88. The Balaban J connectivity index is 1.64. The van der Waals surface area contributed by atoms with Gasteiger partial charge in [0.15, 0.2) is 17.2 Å². The predicted molar refractivity (Wildman–Crippen MR) is 149 cm³/mol. The molecule has 0 aliphatic heterocycles. The number of rotatable bonds is 9. The number of carbonyl (C=O) groups is 3. The third-order valence-electron chi connectivity index (χ3n) is 4.74. The van der Waals surface area contributed by atoms with Crippen molar-refractivity contribution in [2.45, 2.75) is 0 Å². The zero-order valence-corrected chi connectivity index (χ0v) is 24.3. The van der Waals surface area contributed by atoms with E-state index in [-0.39, 0.29) is 12.3 Å². The van der Waals surface area contributed by atoms with Crippen LogP contribution in [0.2, 0.25) is 0 Å². The van der Waals surface area contributed by atoms with Crippen LogP contribution >= 0.6 is 47.8 Å². The van der Waals surface area contributed by atoms with Crippen molar-refractivity contribution in [3.05, 3.63) is 84.7 Å². The van der Waals surface area contributed by atoms with Crippen LogP contribution in [0.1, 0.15) is 26.3 Å². The number of halogens is 3. The maximum absolute atomic E-state index is 12.6. The van der Waals surface area contributed by atoms with Crippen molar-refractivity contribution in [2.75, 3.05) is 20.8 Å².